The summed E-state index contributed by atoms with van der Waals surface area (Å²) in [6.45, 7) is 4.00. The van der Waals surface area contributed by atoms with Crippen LogP contribution in [0, 0.1) is 0 Å². The van der Waals surface area contributed by atoms with Gasteiger partial charge in [-0.1, -0.05) is 51.9 Å². The Kier molecular flexibility index (Phi) is 8.02. The highest BCUT2D eigenvalue weighted by atomic mass is 31.1. The van der Waals surface area contributed by atoms with Gasteiger partial charge in [0.1, 0.15) is 0 Å². The Labute approximate surface area is 75.8 Å². The summed E-state index contributed by atoms with van der Waals surface area (Å²) in [6, 6.07) is 0.814. The third kappa shape index (κ3) is 5.12. The predicted molar refractivity (Wildman–Crippen MR) is 59.5 cm³/mol. The summed E-state index contributed by atoms with van der Waals surface area (Å²) in [6.07, 6.45) is 7.05. The molecule has 0 aliphatic heterocycles. The van der Waals surface area contributed by atoms with Crippen molar-refractivity contribution in [3.05, 3.63) is 0 Å². The van der Waals surface area contributed by atoms with Crippen LogP contribution in [-0.2, 0) is 0 Å². The maximum atomic E-state index is 2.72. The van der Waals surface area contributed by atoms with Gasteiger partial charge in [-0.2, -0.15) is 0 Å². The molecule has 1 nitrogen and oxygen atoms in total. The minimum Gasteiger partial charge on any atom is -0.269 e. The van der Waals surface area contributed by atoms with Crippen LogP contribution in [0.15, 0.2) is 0 Å². The molecule has 0 aromatic rings. The lowest BCUT2D eigenvalue weighted by Crippen LogP contribution is -2.20. The molecule has 0 aromatic heterocycles. The van der Waals surface area contributed by atoms with Crippen LogP contribution in [0.5, 0.6) is 0 Å². The summed E-state index contributed by atoms with van der Waals surface area (Å²) in [5.74, 6) is 0. The van der Waals surface area contributed by atoms with E-state index in [1.807, 2.05) is 13.8 Å². The van der Waals surface area contributed by atoms with Crippen LogP contribution in [0.3, 0.4) is 0 Å². The summed E-state index contributed by atoms with van der Waals surface area (Å²) < 4.78 is 2.19. The van der Waals surface area contributed by atoms with E-state index < -0.39 is 0 Å². The Hall–Kier alpha value is 0.820. The molecule has 1 fully saturated rings. The number of hydrogen-bond donors (Lipinski definition) is 0. The third-order valence-electron chi connectivity index (χ3n) is 2.00. The zero-order valence-electron chi connectivity index (χ0n) is 7.71. The zero-order chi connectivity index (χ0) is 8.69. The molecule has 0 amide bonds. The predicted octanol–water partition coefficient (Wildman–Crippen LogP) is 3.23. The summed E-state index contributed by atoms with van der Waals surface area (Å²) in [5.41, 5.74) is 0. The van der Waals surface area contributed by atoms with Gasteiger partial charge in [-0.15, -0.1) is 0 Å². The molecule has 1 rings (SSSR count). The Balaban J connectivity index is 0.000000461. The first-order valence-corrected chi connectivity index (χ1v) is 5.62. The van der Waals surface area contributed by atoms with Gasteiger partial charge in [0.15, 0.2) is 0 Å². The molecule has 0 spiro atoms. The highest BCUT2D eigenvalue weighted by Gasteiger charge is 2.14. The van der Waals surface area contributed by atoms with E-state index in [4.69, 9.17) is 0 Å². The first-order valence-electron chi connectivity index (χ1n) is 4.59. The molecule has 2 unspecified atom stereocenters. The van der Waals surface area contributed by atoms with Gasteiger partial charge >= 0.3 is 0 Å². The van der Waals surface area contributed by atoms with Crippen molar-refractivity contribution in [2.24, 2.45) is 0 Å². The van der Waals surface area contributed by atoms with Crippen molar-refractivity contribution in [1.82, 2.24) is 4.44 Å². The van der Waals surface area contributed by atoms with E-state index in [0.29, 0.717) is 0 Å². The van der Waals surface area contributed by atoms with Gasteiger partial charge in [-0.25, -0.2) is 0 Å². The first kappa shape index (κ1) is 11.8. The largest absolute Gasteiger partial charge is 0.269 e. The van der Waals surface area contributed by atoms with Crippen molar-refractivity contribution in [2.45, 2.75) is 52.0 Å². The van der Waals surface area contributed by atoms with E-state index in [1.165, 1.54) is 32.1 Å². The van der Waals surface area contributed by atoms with Crippen LogP contribution in [0.25, 0.3) is 0 Å². The summed E-state index contributed by atoms with van der Waals surface area (Å²) >= 11 is 0. The molecule has 11 heavy (non-hydrogen) atoms. The second kappa shape index (κ2) is 7.47. The van der Waals surface area contributed by atoms with Gasteiger partial charge in [0, 0.05) is 6.04 Å². The lowest BCUT2D eigenvalue weighted by molar-refractivity contribution is 0.361. The minimum absolute atomic E-state index is 0.814. The van der Waals surface area contributed by atoms with E-state index >= 15 is 0 Å². The maximum absolute atomic E-state index is 2.72. The van der Waals surface area contributed by atoms with Gasteiger partial charge in [0.05, 0.1) is 0 Å². The van der Waals surface area contributed by atoms with Crippen molar-refractivity contribution in [3.8, 4) is 0 Å². The normalized spacial score (nSPS) is 19.4. The molecule has 1 aliphatic rings. The highest BCUT2D eigenvalue weighted by Crippen LogP contribution is 2.26. The van der Waals surface area contributed by atoms with Crippen LogP contribution in [0.1, 0.15) is 46.0 Å². The number of hydrogen-bond acceptors (Lipinski definition) is 1. The number of nitrogens with zero attached hydrogens (tertiary/aromatic N) is 1. The SMILES string of the molecule is CC.PN(P)C1CCCCC1. The molecule has 0 N–H and O–H groups in total. The first-order chi connectivity index (χ1) is 5.30. The van der Waals surface area contributed by atoms with Crippen molar-refractivity contribution >= 4 is 18.8 Å². The monoisotopic (exact) mass is 193 g/mol. The van der Waals surface area contributed by atoms with Crippen LogP contribution in [0.2, 0.25) is 0 Å². The average molecular weight is 193 g/mol. The molecule has 2 atom stereocenters. The lowest BCUT2D eigenvalue weighted by atomic mass is 9.96. The van der Waals surface area contributed by atoms with Crippen molar-refractivity contribution < 1.29 is 0 Å². The van der Waals surface area contributed by atoms with Gasteiger partial charge in [0.2, 0.25) is 0 Å². The molecule has 1 aliphatic carbocycles. The van der Waals surface area contributed by atoms with Gasteiger partial charge in [-0.05, 0) is 12.8 Å². The molecule has 0 heterocycles. The summed E-state index contributed by atoms with van der Waals surface area (Å²) in [5, 5.41) is 0. The number of rotatable bonds is 1. The van der Waals surface area contributed by atoms with E-state index in [0.717, 1.165) is 6.04 Å². The van der Waals surface area contributed by atoms with Crippen LogP contribution < -0.4 is 0 Å². The van der Waals surface area contributed by atoms with Crippen molar-refractivity contribution in [3.63, 3.8) is 0 Å². The highest BCUT2D eigenvalue weighted by molar-refractivity contribution is 7.30. The topological polar surface area (TPSA) is 3.24 Å². The quantitative estimate of drug-likeness (QED) is 0.578. The fourth-order valence-corrected chi connectivity index (χ4v) is 1.98. The molecule has 68 valence electrons. The summed E-state index contributed by atoms with van der Waals surface area (Å²) in [7, 11) is 5.44. The van der Waals surface area contributed by atoms with E-state index in [9.17, 15) is 0 Å². The van der Waals surface area contributed by atoms with Crippen LogP contribution in [0.4, 0.5) is 0 Å². The van der Waals surface area contributed by atoms with Gasteiger partial charge < -0.3 is 0 Å². The fraction of sp³-hybridized carbons (Fsp3) is 1.00. The van der Waals surface area contributed by atoms with Crippen molar-refractivity contribution in [1.29, 1.82) is 0 Å². The molecule has 0 aromatic carbocycles. The lowest BCUT2D eigenvalue weighted by Gasteiger charge is -2.26. The van der Waals surface area contributed by atoms with Gasteiger partial charge in [0.25, 0.3) is 0 Å². The standard InChI is InChI=1S/C6H15NP2.C2H6/c8-7(9)6-4-2-1-3-5-6;1-2/h6H,1-5,8-9H2;1-2H3. The Morgan fingerprint density at radius 2 is 1.45 bits per heavy atom. The summed E-state index contributed by atoms with van der Waals surface area (Å²) in [4.78, 5) is 0. The average Bonchev–Trinajstić information content (AvgIpc) is 2.10. The van der Waals surface area contributed by atoms with Gasteiger partial charge in [-0.3, -0.25) is 4.44 Å². The second-order valence-electron chi connectivity index (χ2n) is 2.74. The minimum atomic E-state index is 0.814. The van der Waals surface area contributed by atoms with E-state index in [-0.39, 0.29) is 0 Å². The molecule has 1 saturated carbocycles. The molecule has 0 bridgehead atoms. The molecular weight excluding hydrogens is 172 g/mol. The molecule has 0 radical (unpaired) electrons. The van der Waals surface area contributed by atoms with Crippen molar-refractivity contribution in [2.75, 3.05) is 0 Å². The van der Waals surface area contributed by atoms with E-state index in [1.54, 1.807) is 0 Å². The Bertz CT molecular complexity index is 80.2. The molecule has 0 saturated heterocycles. The zero-order valence-corrected chi connectivity index (χ0v) is 10.0. The van der Waals surface area contributed by atoms with Crippen LogP contribution in [-0.4, -0.2) is 10.5 Å². The Morgan fingerprint density at radius 1 is 1.00 bits per heavy atom. The fourth-order valence-electron chi connectivity index (χ4n) is 1.38. The Morgan fingerprint density at radius 3 is 1.73 bits per heavy atom. The van der Waals surface area contributed by atoms with E-state index in [2.05, 4.69) is 23.2 Å². The smallest absolute Gasteiger partial charge is 0.0164 e. The third-order valence-corrected chi connectivity index (χ3v) is 2.84. The molecule has 3 heteroatoms. The molecular formula is C8H21NP2. The second-order valence-corrected chi connectivity index (χ2v) is 4.53. The maximum Gasteiger partial charge on any atom is 0.0164 e. The van der Waals surface area contributed by atoms with Crippen LogP contribution >= 0.6 is 18.8 Å².